The highest BCUT2D eigenvalue weighted by molar-refractivity contribution is 14.1. The maximum Gasteiger partial charge on any atom is 0.435 e. The van der Waals surface area contributed by atoms with E-state index in [1.54, 1.807) is 19.1 Å². The van der Waals surface area contributed by atoms with Crippen LogP contribution in [0.1, 0.15) is 37.2 Å². The van der Waals surface area contributed by atoms with Gasteiger partial charge in [-0.25, -0.2) is 9.52 Å². The summed E-state index contributed by atoms with van der Waals surface area (Å²) in [6, 6.07) is 4.53. The predicted molar refractivity (Wildman–Crippen MR) is 105 cm³/mol. The zero-order chi connectivity index (χ0) is 19.9. The van der Waals surface area contributed by atoms with Crippen molar-refractivity contribution in [1.29, 1.82) is 0 Å². The third-order valence-electron chi connectivity index (χ3n) is 4.59. The summed E-state index contributed by atoms with van der Waals surface area (Å²) in [6.07, 6.45) is -4.24. The maximum absolute atomic E-state index is 13.1. The lowest BCUT2D eigenvalue weighted by atomic mass is 9.93. The minimum atomic E-state index is -4.52. The molecule has 27 heavy (non-hydrogen) atoms. The van der Waals surface area contributed by atoms with E-state index in [2.05, 4.69) is 32.8 Å². The molecule has 9 heteroatoms. The van der Waals surface area contributed by atoms with E-state index in [0.29, 0.717) is 29.0 Å². The first-order chi connectivity index (χ1) is 12.6. The van der Waals surface area contributed by atoms with E-state index in [1.807, 2.05) is 13.8 Å². The molecule has 0 radical (unpaired) electrons. The van der Waals surface area contributed by atoms with Crippen LogP contribution in [0, 0.1) is 18.8 Å². The topological polar surface area (TPSA) is 50.0 Å². The minimum absolute atomic E-state index is 0.0597. The molecule has 1 amide bonds. The second-order valence-electron chi connectivity index (χ2n) is 7.04. The Kier molecular flexibility index (Phi) is 5.51. The van der Waals surface area contributed by atoms with E-state index >= 15 is 0 Å². The van der Waals surface area contributed by atoms with Crippen molar-refractivity contribution in [3.63, 3.8) is 0 Å². The average Bonchev–Trinajstić information content (AvgIpc) is 3.04. The third kappa shape index (κ3) is 3.97. The summed E-state index contributed by atoms with van der Waals surface area (Å²) in [7, 11) is 0. The van der Waals surface area contributed by atoms with Gasteiger partial charge in [0.15, 0.2) is 5.69 Å². The first-order valence-corrected chi connectivity index (χ1v) is 10.2. The van der Waals surface area contributed by atoms with E-state index in [1.165, 1.54) is 9.52 Å². The van der Waals surface area contributed by atoms with Crippen LogP contribution in [0.2, 0.25) is 0 Å². The highest BCUT2D eigenvalue weighted by atomic mass is 127. The summed E-state index contributed by atoms with van der Waals surface area (Å²) in [4.78, 5) is 12.3. The van der Waals surface area contributed by atoms with Crippen molar-refractivity contribution in [1.82, 2.24) is 14.6 Å². The lowest BCUT2D eigenvalue weighted by molar-refractivity contribution is -0.141. The highest BCUT2D eigenvalue weighted by Gasteiger charge is 2.35. The van der Waals surface area contributed by atoms with Crippen molar-refractivity contribution >= 4 is 39.7 Å². The molecule has 0 bridgehead atoms. The van der Waals surface area contributed by atoms with Crippen LogP contribution in [-0.2, 0) is 11.0 Å². The molecule has 0 saturated heterocycles. The van der Waals surface area contributed by atoms with Gasteiger partial charge in [0, 0.05) is 34.6 Å². The van der Waals surface area contributed by atoms with Crippen LogP contribution in [0.3, 0.4) is 0 Å². The average molecular weight is 492 g/mol. The summed E-state index contributed by atoms with van der Waals surface area (Å²) in [6.45, 7) is 6.10. The van der Waals surface area contributed by atoms with Crippen molar-refractivity contribution in [3.05, 3.63) is 35.2 Å². The van der Waals surface area contributed by atoms with E-state index in [4.69, 9.17) is 0 Å². The van der Waals surface area contributed by atoms with Crippen molar-refractivity contribution in [2.75, 3.05) is 11.0 Å². The van der Waals surface area contributed by atoms with Gasteiger partial charge in [-0.2, -0.15) is 23.4 Å². The fourth-order valence-corrected chi connectivity index (χ4v) is 3.39. The fraction of sp³-hybridized carbons (Fsp3) is 0.500. The van der Waals surface area contributed by atoms with Crippen LogP contribution >= 0.6 is 22.6 Å². The van der Waals surface area contributed by atoms with Crippen LogP contribution in [0.15, 0.2) is 23.3 Å². The zero-order valence-electron chi connectivity index (χ0n) is 15.2. The number of nitrogens with zero attached hydrogens (tertiary/aromatic N) is 4. The van der Waals surface area contributed by atoms with Crippen molar-refractivity contribution in [3.8, 4) is 0 Å². The Hall–Kier alpha value is -1.65. The number of halogens is 4. The Morgan fingerprint density at radius 3 is 2.70 bits per heavy atom. The van der Waals surface area contributed by atoms with Gasteiger partial charge in [-0.1, -0.05) is 36.4 Å². The maximum atomic E-state index is 13.1. The third-order valence-corrected chi connectivity index (χ3v) is 6.09. The number of alkyl halides is 4. The van der Waals surface area contributed by atoms with Gasteiger partial charge < -0.3 is 0 Å². The van der Waals surface area contributed by atoms with Gasteiger partial charge in [-0.05, 0) is 31.0 Å². The number of hydrogen-bond acceptors (Lipinski definition) is 3. The standard InChI is InChI=1S/C18H20F3IN4O/c1-10(8-22)9-25-16(27)6-11(2)17(24-25)13-5-4-12(3)26-14(13)7-15(23-26)18(19,20)21/h4-5,7,10-11H,6,8-9H2,1-3H3. The predicted octanol–water partition coefficient (Wildman–Crippen LogP) is 4.31. The minimum Gasteiger partial charge on any atom is -0.273 e. The first-order valence-electron chi connectivity index (χ1n) is 8.63. The second kappa shape index (κ2) is 7.40. The molecule has 146 valence electrons. The number of hydrazone groups is 1. The molecule has 1 aliphatic rings. The molecular weight excluding hydrogens is 472 g/mol. The van der Waals surface area contributed by atoms with Crippen LogP contribution < -0.4 is 0 Å². The number of amides is 1. The molecule has 2 unspecified atom stereocenters. The molecule has 2 aromatic heterocycles. The first kappa shape index (κ1) is 20.1. The quantitative estimate of drug-likeness (QED) is 0.472. The SMILES string of the molecule is Cc1ccc(C2=NN(CC(C)CI)C(=O)CC2C)c2cc(C(F)(F)F)nn12. The summed E-state index contributed by atoms with van der Waals surface area (Å²) in [5, 5.41) is 9.70. The largest absolute Gasteiger partial charge is 0.435 e. The number of hydrogen-bond donors (Lipinski definition) is 0. The summed E-state index contributed by atoms with van der Waals surface area (Å²) in [5.74, 6) is 0.0350. The van der Waals surface area contributed by atoms with Gasteiger partial charge in [-0.15, -0.1) is 0 Å². The van der Waals surface area contributed by atoms with Crippen molar-refractivity contribution in [2.45, 2.75) is 33.4 Å². The number of carbonyl (C=O) groups is 1. The van der Waals surface area contributed by atoms with Gasteiger partial charge in [0.2, 0.25) is 5.91 Å². The monoisotopic (exact) mass is 492 g/mol. The van der Waals surface area contributed by atoms with Crippen LogP contribution in [-0.4, -0.2) is 37.2 Å². The molecule has 2 aromatic rings. The molecular formula is C18H20F3IN4O. The van der Waals surface area contributed by atoms with E-state index < -0.39 is 11.9 Å². The molecule has 0 N–H and O–H groups in total. The molecule has 0 spiro atoms. The molecule has 1 aliphatic heterocycles. The number of pyridine rings is 1. The van der Waals surface area contributed by atoms with Crippen molar-refractivity contribution in [2.24, 2.45) is 16.9 Å². The summed E-state index contributed by atoms with van der Waals surface area (Å²) >= 11 is 2.26. The molecule has 0 aliphatic carbocycles. The van der Waals surface area contributed by atoms with Crippen LogP contribution in [0.5, 0.6) is 0 Å². The van der Waals surface area contributed by atoms with Gasteiger partial charge >= 0.3 is 6.18 Å². The smallest absolute Gasteiger partial charge is 0.273 e. The number of carbonyl (C=O) groups excluding carboxylic acids is 1. The molecule has 0 aromatic carbocycles. The van der Waals surface area contributed by atoms with E-state index in [9.17, 15) is 18.0 Å². The van der Waals surface area contributed by atoms with Crippen LogP contribution in [0.25, 0.3) is 5.52 Å². The fourth-order valence-electron chi connectivity index (χ4n) is 3.11. The van der Waals surface area contributed by atoms with Crippen LogP contribution in [0.4, 0.5) is 13.2 Å². The molecule has 0 fully saturated rings. The Morgan fingerprint density at radius 2 is 2.07 bits per heavy atom. The van der Waals surface area contributed by atoms with Gasteiger partial charge in [0.25, 0.3) is 0 Å². The molecule has 3 heterocycles. The number of fused-ring (bicyclic) bond motifs is 1. The number of rotatable bonds is 4. The lowest BCUT2D eigenvalue weighted by Crippen LogP contribution is -2.38. The lowest BCUT2D eigenvalue weighted by Gasteiger charge is -2.29. The van der Waals surface area contributed by atoms with E-state index in [-0.39, 0.29) is 24.2 Å². The Morgan fingerprint density at radius 1 is 1.37 bits per heavy atom. The Labute approximate surface area is 168 Å². The van der Waals surface area contributed by atoms with Gasteiger partial charge in [-0.3, -0.25) is 4.79 Å². The Balaban J connectivity index is 2.12. The Bertz CT molecular complexity index is 906. The molecule has 5 nitrogen and oxygen atoms in total. The normalized spacial score (nSPS) is 19.5. The second-order valence-corrected chi connectivity index (χ2v) is 7.92. The van der Waals surface area contributed by atoms with E-state index in [0.717, 1.165) is 10.5 Å². The molecule has 0 saturated carbocycles. The van der Waals surface area contributed by atoms with Gasteiger partial charge in [0.1, 0.15) is 0 Å². The summed E-state index contributed by atoms with van der Waals surface area (Å²) in [5.41, 5.74) is 1.21. The number of aromatic nitrogens is 2. The zero-order valence-corrected chi connectivity index (χ0v) is 17.4. The summed E-state index contributed by atoms with van der Waals surface area (Å²) < 4.78 is 41.6. The van der Waals surface area contributed by atoms with Crippen molar-refractivity contribution < 1.29 is 18.0 Å². The highest BCUT2D eigenvalue weighted by Crippen LogP contribution is 2.31. The molecule has 2 atom stereocenters. The molecule has 3 rings (SSSR count). The number of aryl methyl sites for hydroxylation is 1. The van der Waals surface area contributed by atoms with Gasteiger partial charge in [0.05, 0.1) is 11.2 Å².